The van der Waals surface area contributed by atoms with E-state index in [1.807, 2.05) is 30.3 Å². The second-order valence-corrected chi connectivity index (χ2v) is 4.27. The Morgan fingerprint density at radius 1 is 1.26 bits per heavy atom. The molecule has 1 aromatic heterocycles. The van der Waals surface area contributed by atoms with E-state index < -0.39 is 0 Å². The van der Waals surface area contributed by atoms with E-state index in [1.165, 1.54) is 0 Å². The van der Waals surface area contributed by atoms with Crippen LogP contribution in [0.25, 0.3) is 0 Å². The van der Waals surface area contributed by atoms with Gasteiger partial charge in [0.15, 0.2) is 5.78 Å². The zero-order chi connectivity index (χ0) is 13.5. The van der Waals surface area contributed by atoms with Gasteiger partial charge in [-0.3, -0.25) is 9.48 Å². The van der Waals surface area contributed by atoms with Crippen LogP contribution in [0.15, 0.2) is 42.6 Å². The van der Waals surface area contributed by atoms with Gasteiger partial charge in [0.2, 0.25) is 0 Å². The summed E-state index contributed by atoms with van der Waals surface area (Å²) in [6.07, 6.45) is 2.99. The van der Waals surface area contributed by atoms with Crippen molar-refractivity contribution in [1.29, 1.82) is 0 Å². The van der Waals surface area contributed by atoms with E-state index in [-0.39, 0.29) is 5.78 Å². The zero-order valence-corrected chi connectivity index (χ0v) is 11.1. The SMILES string of the molecule is CCCn1nccc1C(=O)CCOc1ccccc1. The molecule has 1 heterocycles. The molecular weight excluding hydrogens is 240 g/mol. The minimum Gasteiger partial charge on any atom is -0.493 e. The van der Waals surface area contributed by atoms with Crippen LogP contribution in [-0.4, -0.2) is 22.2 Å². The Bertz CT molecular complexity index is 520. The lowest BCUT2D eigenvalue weighted by Crippen LogP contribution is -2.13. The lowest BCUT2D eigenvalue weighted by molar-refractivity contribution is 0.0951. The first kappa shape index (κ1) is 13.3. The van der Waals surface area contributed by atoms with Gasteiger partial charge in [-0.05, 0) is 24.6 Å². The molecule has 0 N–H and O–H groups in total. The van der Waals surface area contributed by atoms with Crippen molar-refractivity contribution in [2.75, 3.05) is 6.61 Å². The second-order valence-electron chi connectivity index (χ2n) is 4.27. The maximum atomic E-state index is 12.1. The highest BCUT2D eigenvalue weighted by Crippen LogP contribution is 2.10. The fraction of sp³-hybridized carbons (Fsp3) is 0.333. The van der Waals surface area contributed by atoms with E-state index >= 15 is 0 Å². The minimum absolute atomic E-state index is 0.0712. The van der Waals surface area contributed by atoms with E-state index in [4.69, 9.17) is 4.74 Å². The van der Waals surface area contributed by atoms with E-state index in [2.05, 4.69) is 12.0 Å². The summed E-state index contributed by atoms with van der Waals surface area (Å²) in [5.41, 5.74) is 0.665. The number of rotatable bonds is 7. The molecular formula is C15H18N2O2. The Morgan fingerprint density at radius 2 is 2.05 bits per heavy atom. The zero-order valence-electron chi connectivity index (χ0n) is 11.1. The number of benzene rings is 1. The Kier molecular flexibility index (Phi) is 4.72. The fourth-order valence-corrected chi connectivity index (χ4v) is 1.87. The molecule has 0 bridgehead atoms. The minimum atomic E-state index is 0.0712. The van der Waals surface area contributed by atoms with Gasteiger partial charge in [-0.25, -0.2) is 0 Å². The predicted molar refractivity (Wildman–Crippen MR) is 73.4 cm³/mol. The van der Waals surface area contributed by atoms with Crippen molar-refractivity contribution in [2.45, 2.75) is 26.3 Å². The lowest BCUT2D eigenvalue weighted by Gasteiger charge is -2.07. The third-order valence-corrected chi connectivity index (χ3v) is 2.78. The number of aromatic nitrogens is 2. The van der Waals surface area contributed by atoms with Gasteiger partial charge >= 0.3 is 0 Å². The van der Waals surface area contributed by atoms with E-state index in [1.54, 1.807) is 16.9 Å². The highest BCUT2D eigenvalue weighted by atomic mass is 16.5. The van der Waals surface area contributed by atoms with Crippen molar-refractivity contribution in [3.8, 4) is 5.75 Å². The van der Waals surface area contributed by atoms with Crippen molar-refractivity contribution in [1.82, 2.24) is 9.78 Å². The number of hydrogen-bond acceptors (Lipinski definition) is 3. The third kappa shape index (κ3) is 3.68. The number of ketones is 1. The normalized spacial score (nSPS) is 10.4. The van der Waals surface area contributed by atoms with Gasteiger partial charge in [0.25, 0.3) is 0 Å². The monoisotopic (exact) mass is 258 g/mol. The molecule has 0 saturated carbocycles. The first-order chi connectivity index (χ1) is 9.31. The quantitative estimate of drug-likeness (QED) is 0.717. The molecule has 100 valence electrons. The van der Waals surface area contributed by atoms with Gasteiger partial charge in [-0.15, -0.1) is 0 Å². The van der Waals surface area contributed by atoms with Crippen LogP contribution in [0.5, 0.6) is 5.75 Å². The average Bonchev–Trinajstić information content (AvgIpc) is 2.89. The molecule has 0 aliphatic rings. The summed E-state index contributed by atoms with van der Waals surface area (Å²) in [7, 11) is 0. The molecule has 0 atom stereocenters. The topological polar surface area (TPSA) is 44.1 Å². The van der Waals surface area contributed by atoms with Crippen molar-refractivity contribution in [2.24, 2.45) is 0 Å². The predicted octanol–water partition coefficient (Wildman–Crippen LogP) is 2.94. The van der Waals surface area contributed by atoms with Crippen LogP contribution in [-0.2, 0) is 6.54 Å². The van der Waals surface area contributed by atoms with Crippen molar-refractivity contribution in [3.05, 3.63) is 48.3 Å². The number of Topliss-reactive ketones (excluding diaryl/α,β-unsaturated/α-hetero) is 1. The van der Waals surface area contributed by atoms with Crippen LogP contribution in [0.4, 0.5) is 0 Å². The summed E-state index contributed by atoms with van der Waals surface area (Å²) in [5.74, 6) is 0.860. The van der Waals surface area contributed by atoms with Crippen LogP contribution in [0, 0.1) is 0 Å². The van der Waals surface area contributed by atoms with E-state index in [9.17, 15) is 4.79 Å². The first-order valence-corrected chi connectivity index (χ1v) is 6.54. The molecule has 0 fully saturated rings. The summed E-state index contributed by atoms with van der Waals surface area (Å²) >= 11 is 0. The highest BCUT2D eigenvalue weighted by Gasteiger charge is 2.11. The van der Waals surface area contributed by atoms with Gasteiger partial charge in [-0.2, -0.15) is 5.10 Å². The number of nitrogens with zero attached hydrogens (tertiary/aromatic N) is 2. The number of para-hydroxylation sites is 1. The molecule has 19 heavy (non-hydrogen) atoms. The molecule has 2 aromatic rings. The summed E-state index contributed by atoms with van der Waals surface area (Å²) in [4.78, 5) is 12.1. The largest absolute Gasteiger partial charge is 0.493 e. The maximum absolute atomic E-state index is 12.1. The summed E-state index contributed by atoms with van der Waals surface area (Å²) < 4.78 is 7.28. The molecule has 0 aliphatic carbocycles. The van der Waals surface area contributed by atoms with Crippen LogP contribution in [0.3, 0.4) is 0 Å². The number of hydrogen-bond donors (Lipinski definition) is 0. The molecule has 4 nitrogen and oxygen atoms in total. The molecule has 4 heteroatoms. The van der Waals surface area contributed by atoms with Crippen LogP contribution < -0.4 is 4.74 Å². The number of carbonyl (C=O) groups is 1. The molecule has 0 saturated heterocycles. The Labute approximate surface area is 113 Å². The molecule has 0 spiro atoms. The molecule has 2 rings (SSSR count). The Morgan fingerprint density at radius 3 is 2.79 bits per heavy atom. The van der Waals surface area contributed by atoms with Crippen molar-refractivity contribution >= 4 is 5.78 Å². The van der Waals surface area contributed by atoms with Gasteiger partial charge < -0.3 is 4.74 Å². The third-order valence-electron chi connectivity index (χ3n) is 2.78. The molecule has 0 aliphatic heterocycles. The summed E-state index contributed by atoms with van der Waals surface area (Å²) in [6.45, 7) is 3.22. The smallest absolute Gasteiger partial charge is 0.184 e. The Hall–Kier alpha value is -2.10. The van der Waals surface area contributed by atoms with E-state index in [0.29, 0.717) is 18.7 Å². The Balaban J connectivity index is 1.86. The van der Waals surface area contributed by atoms with E-state index in [0.717, 1.165) is 18.7 Å². The lowest BCUT2D eigenvalue weighted by atomic mass is 10.2. The number of ether oxygens (including phenoxy) is 1. The number of carbonyl (C=O) groups excluding carboxylic acids is 1. The van der Waals surface area contributed by atoms with Crippen LogP contribution in [0.1, 0.15) is 30.3 Å². The van der Waals surface area contributed by atoms with Crippen molar-refractivity contribution < 1.29 is 9.53 Å². The van der Waals surface area contributed by atoms with Crippen LogP contribution in [0.2, 0.25) is 0 Å². The van der Waals surface area contributed by atoms with Crippen molar-refractivity contribution in [3.63, 3.8) is 0 Å². The van der Waals surface area contributed by atoms with Gasteiger partial charge in [0.1, 0.15) is 11.4 Å². The maximum Gasteiger partial charge on any atom is 0.184 e. The van der Waals surface area contributed by atoms with Crippen LogP contribution >= 0.6 is 0 Å². The second kappa shape index (κ2) is 6.73. The highest BCUT2D eigenvalue weighted by molar-refractivity contribution is 5.94. The van der Waals surface area contributed by atoms with Gasteiger partial charge in [0, 0.05) is 19.2 Å². The summed E-state index contributed by atoms with van der Waals surface area (Å²) in [5, 5.41) is 4.15. The summed E-state index contributed by atoms with van der Waals surface area (Å²) in [6, 6.07) is 11.3. The fourth-order valence-electron chi connectivity index (χ4n) is 1.87. The standard InChI is InChI=1S/C15H18N2O2/c1-2-11-17-14(8-10-16-17)15(18)9-12-19-13-6-4-3-5-7-13/h3-8,10H,2,9,11-12H2,1H3. The van der Waals surface area contributed by atoms with Gasteiger partial charge in [-0.1, -0.05) is 25.1 Å². The average molecular weight is 258 g/mol. The molecule has 1 aromatic carbocycles. The molecule has 0 amide bonds. The van der Waals surface area contributed by atoms with Gasteiger partial charge in [0.05, 0.1) is 6.61 Å². The molecule has 0 radical (unpaired) electrons. The molecule has 0 unspecified atom stereocenters. The number of aryl methyl sites for hydroxylation is 1. The first-order valence-electron chi connectivity index (χ1n) is 6.54.